The fourth-order valence-electron chi connectivity index (χ4n) is 0.906. The van der Waals surface area contributed by atoms with Crippen LogP contribution in [0.15, 0.2) is 0 Å². The van der Waals surface area contributed by atoms with E-state index in [0.29, 0.717) is 0 Å². The second-order valence-electron chi connectivity index (χ2n) is 2.81. The molecule has 110 valence electrons. The van der Waals surface area contributed by atoms with Crippen LogP contribution in [0.4, 0.5) is 22.0 Å². The Hall–Kier alpha value is -0.510. The van der Waals surface area contributed by atoms with Crippen LogP contribution in [0.5, 0.6) is 0 Å². The Kier molecular flexibility index (Phi) is 10.1. The molecule has 0 bridgehead atoms. The van der Waals surface area contributed by atoms with Crippen molar-refractivity contribution < 1.29 is 40.9 Å². The van der Waals surface area contributed by atoms with E-state index in [-0.39, 0.29) is 0 Å². The highest BCUT2D eigenvalue weighted by Gasteiger charge is 2.37. The van der Waals surface area contributed by atoms with E-state index in [1.807, 2.05) is 0 Å². The number of rotatable bonds is 12. The van der Waals surface area contributed by atoms with Gasteiger partial charge in [0, 0.05) is 0 Å². The van der Waals surface area contributed by atoms with Crippen LogP contribution >= 0.6 is 0 Å². The normalized spacial score (nSPS) is 12.3. The molecule has 0 saturated heterocycles. The van der Waals surface area contributed by atoms with E-state index in [9.17, 15) is 22.0 Å². The second-order valence-corrected chi connectivity index (χ2v) is 2.81. The summed E-state index contributed by atoms with van der Waals surface area (Å²) in [7, 11) is 0. The molecule has 18 heavy (non-hydrogen) atoms. The monoisotopic (exact) mass is 282 g/mol. The highest BCUT2D eigenvalue weighted by Crippen LogP contribution is 2.19. The Labute approximate surface area is 101 Å². The van der Waals surface area contributed by atoms with Crippen LogP contribution in [0.3, 0.4) is 0 Å². The molecule has 0 aromatic rings. The number of alkyl halides is 5. The third-order valence-corrected chi connectivity index (χ3v) is 1.45. The molecule has 0 heterocycles. The molecule has 4 nitrogen and oxygen atoms in total. The number of hydrogen-bond acceptors (Lipinski definition) is 4. The van der Waals surface area contributed by atoms with Crippen LogP contribution in [0.25, 0.3) is 0 Å². The van der Waals surface area contributed by atoms with Crippen molar-refractivity contribution in [2.24, 2.45) is 0 Å². The first-order valence-corrected chi connectivity index (χ1v) is 5.12. The Morgan fingerprint density at radius 1 is 0.722 bits per heavy atom. The third kappa shape index (κ3) is 7.75. The lowest BCUT2D eigenvalue weighted by atomic mass is 10.7. The molecule has 0 saturated carbocycles. The van der Waals surface area contributed by atoms with Crippen molar-refractivity contribution in [1.29, 1.82) is 0 Å². The Morgan fingerprint density at radius 2 is 1.11 bits per heavy atom. The minimum atomic E-state index is -2.87. The van der Waals surface area contributed by atoms with Gasteiger partial charge in [0.2, 0.25) is 0 Å². The summed E-state index contributed by atoms with van der Waals surface area (Å²) in [6.07, 6.45) is -5.39. The molecule has 0 unspecified atom stereocenters. The van der Waals surface area contributed by atoms with Crippen LogP contribution in [-0.4, -0.2) is 59.0 Å². The molecule has 0 aliphatic heterocycles. The van der Waals surface area contributed by atoms with Gasteiger partial charge in [0.15, 0.2) is 0 Å². The lowest BCUT2D eigenvalue weighted by Gasteiger charge is -2.31. The minimum absolute atomic E-state index is 0.595. The fourth-order valence-corrected chi connectivity index (χ4v) is 0.906. The minimum Gasteiger partial charge on any atom is -0.301 e. The van der Waals surface area contributed by atoms with E-state index < -0.39 is 59.0 Å². The average molecular weight is 282 g/mol. The summed E-state index contributed by atoms with van der Waals surface area (Å²) in [5.74, 6) is 0. The second kappa shape index (κ2) is 10.4. The quantitative estimate of drug-likeness (QED) is 0.404. The van der Waals surface area contributed by atoms with Crippen LogP contribution in [0.2, 0.25) is 0 Å². The van der Waals surface area contributed by atoms with Gasteiger partial charge in [0.25, 0.3) is 6.43 Å². The largest absolute Gasteiger partial charge is 0.413 e. The number of halogens is 5. The summed E-state index contributed by atoms with van der Waals surface area (Å²) >= 11 is 0. The molecule has 0 amide bonds. The fraction of sp³-hybridized carbons (Fsp3) is 1.00. The SMILES string of the molecule is FCCOC(OCCF)(OCCF)OCC(F)F. The van der Waals surface area contributed by atoms with Crippen molar-refractivity contribution in [3.63, 3.8) is 0 Å². The molecule has 0 aromatic heterocycles. The summed E-state index contributed by atoms with van der Waals surface area (Å²) in [4.78, 5) is 0. The van der Waals surface area contributed by atoms with Crippen molar-refractivity contribution in [3.8, 4) is 0 Å². The maximum absolute atomic E-state index is 12.0. The Morgan fingerprint density at radius 3 is 1.39 bits per heavy atom. The number of hydrogen-bond donors (Lipinski definition) is 0. The Balaban J connectivity index is 4.51. The van der Waals surface area contributed by atoms with Gasteiger partial charge in [-0.25, -0.2) is 22.0 Å². The molecule has 9 heteroatoms. The average Bonchev–Trinajstić information content (AvgIpc) is 2.37. The van der Waals surface area contributed by atoms with E-state index in [2.05, 4.69) is 18.9 Å². The van der Waals surface area contributed by atoms with Gasteiger partial charge in [-0.05, 0) is 0 Å². The lowest BCUT2D eigenvalue weighted by molar-refractivity contribution is -0.502. The summed E-state index contributed by atoms with van der Waals surface area (Å²) < 4.78 is 78.3. The van der Waals surface area contributed by atoms with Gasteiger partial charge in [0.1, 0.15) is 26.6 Å². The molecule has 0 fully saturated rings. The molecule has 0 atom stereocenters. The molecule has 0 rings (SSSR count). The number of ether oxygens (including phenoxy) is 4. The molecule has 0 radical (unpaired) electrons. The van der Waals surface area contributed by atoms with Crippen molar-refractivity contribution in [1.82, 2.24) is 0 Å². The van der Waals surface area contributed by atoms with Crippen molar-refractivity contribution in [2.45, 2.75) is 12.6 Å². The predicted octanol–water partition coefficient (Wildman–Crippen LogP) is 1.84. The van der Waals surface area contributed by atoms with Crippen LogP contribution in [0.1, 0.15) is 0 Å². The van der Waals surface area contributed by atoms with E-state index in [0.717, 1.165) is 0 Å². The smallest absolute Gasteiger partial charge is 0.301 e. The summed E-state index contributed by atoms with van der Waals surface area (Å²) in [5, 5.41) is 0. The molecule has 0 aliphatic rings. The van der Waals surface area contributed by atoms with Gasteiger partial charge in [-0.3, -0.25) is 4.74 Å². The molecule has 0 aliphatic carbocycles. The zero-order valence-corrected chi connectivity index (χ0v) is 9.55. The first kappa shape index (κ1) is 17.5. The maximum atomic E-state index is 12.0. The van der Waals surface area contributed by atoms with E-state index in [1.165, 1.54) is 0 Å². The molecular weight excluding hydrogens is 267 g/mol. The first-order chi connectivity index (χ1) is 8.60. The summed E-state index contributed by atoms with van der Waals surface area (Å²) in [6.45, 7) is -5.86. The van der Waals surface area contributed by atoms with E-state index >= 15 is 0 Å². The first-order valence-electron chi connectivity index (χ1n) is 5.12. The zero-order chi connectivity index (χ0) is 13.9. The van der Waals surface area contributed by atoms with Gasteiger partial charge in [0.05, 0.1) is 19.8 Å². The predicted molar refractivity (Wildman–Crippen MR) is 50.5 cm³/mol. The highest BCUT2D eigenvalue weighted by molar-refractivity contribution is 4.47. The van der Waals surface area contributed by atoms with Gasteiger partial charge in [-0.1, -0.05) is 0 Å². The summed E-state index contributed by atoms with van der Waals surface area (Å²) in [5.41, 5.74) is 0. The van der Waals surface area contributed by atoms with Crippen molar-refractivity contribution >= 4 is 0 Å². The van der Waals surface area contributed by atoms with Crippen molar-refractivity contribution in [3.05, 3.63) is 0 Å². The maximum Gasteiger partial charge on any atom is 0.413 e. The van der Waals surface area contributed by atoms with Crippen molar-refractivity contribution in [2.75, 3.05) is 46.5 Å². The molecule has 0 N–H and O–H groups in total. The topological polar surface area (TPSA) is 36.9 Å². The molecule has 0 aromatic carbocycles. The van der Waals surface area contributed by atoms with E-state index in [4.69, 9.17) is 0 Å². The van der Waals surface area contributed by atoms with E-state index in [1.54, 1.807) is 0 Å². The standard InChI is InChI=1S/C9H15F5O4/c10-1-4-15-9(16-5-2-11,17-6-3-12)18-7-8(13)14/h8H,1-7H2. The van der Waals surface area contributed by atoms with Crippen LogP contribution in [0, 0.1) is 0 Å². The van der Waals surface area contributed by atoms with Crippen LogP contribution < -0.4 is 0 Å². The van der Waals surface area contributed by atoms with Gasteiger partial charge >= 0.3 is 6.16 Å². The van der Waals surface area contributed by atoms with Gasteiger partial charge in [-0.2, -0.15) is 0 Å². The van der Waals surface area contributed by atoms with Gasteiger partial charge < -0.3 is 14.2 Å². The molecular formula is C9H15F5O4. The van der Waals surface area contributed by atoms with Gasteiger partial charge in [-0.15, -0.1) is 0 Å². The zero-order valence-electron chi connectivity index (χ0n) is 9.55. The summed E-state index contributed by atoms with van der Waals surface area (Å²) in [6, 6.07) is 0. The third-order valence-electron chi connectivity index (χ3n) is 1.45. The molecule has 0 spiro atoms. The Bertz CT molecular complexity index is 174. The highest BCUT2D eigenvalue weighted by atomic mass is 19.3. The van der Waals surface area contributed by atoms with Crippen LogP contribution in [-0.2, 0) is 18.9 Å². The lowest BCUT2D eigenvalue weighted by Crippen LogP contribution is -2.45.